The fraction of sp³-hybridized carbons (Fsp3) is 0.360. The number of hydrogen-bond acceptors (Lipinski definition) is 8. The molecule has 0 saturated carbocycles. The van der Waals surface area contributed by atoms with E-state index >= 15 is 0 Å². The number of thiazole rings is 1. The third-order valence-electron chi connectivity index (χ3n) is 6.53. The number of aldehydes is 1. The molecule has 2 aliphatic rings. The quantitative estimate of drug-likeness (QED) is 0.194. The van der Waals surface area contributed by atoms with E-state index in [2.05, 4.69) is 10.1 Å². The van der Waals surface area contributed by atoms with Gasteiger partial charge in [-0.25, -0.2) is 9.97 Å². The average molecular weight is 636 g/mol. The molecule has 2 atom stereocenters. The minimum atomic E-state index is -4.54. The number of halogens is 6. The second-order valence-electron chi connectivity index (χ2n) is 9.01. The van der Waals surface area contributed by atoms with Crippen LogP contribution in [0.15, 0.2) is 46.0 Å². The van der Waals surface area contributed by atoms with Gasteiger partial charge >= 0.3 is 6.18 Å². The maximum Gasteiger partial charge on any atom is 0.417 e. The molecule has 0 aliphatic carbocycles. The molecule has 0 amide bonds. The Labute approximate surface area is 245 Å². The predicted octanol–water partition coefficient (Wildman–Crippen LogP) is 7.88. The van der Waals surface area contributed by atoms with Gasteiger partial charge in [-0.15, -0.1) is 11.3 Å². The fourth-order valence-corrected chi connectivity index (χ4v) is 7.35. The van der Waals surface area contributed by atoms with E-state index in [9.17, 15) is 18.0 Å². The summed E-state index contributed by atoms with van der Waals surface area (Å²) in [6.45, 7) is 1.23. The molecule has 6 nitrogen and oxygen atoms in total. The minimum Gasteiger partial charge on any atom is -0.387 e. The summed E-state index contributed by atoms with van der Waals surface area (Å²) in [5.74, 6) is 0.210. The second-order valence-corrected chi connectivity index (χ2v) is 12.2. The lowest BCUT2D eigenvalue weighted by molar-refractivity contribution is -0.137. The zero-order chi connectivity index (χ0) is 27.7. The van der Waals surface area contributed by atoms with Gasteiger partial charge in [-0.3, -0.25) is 4.90 Å². The van der Waals surface area contributed by atoms with Crippen LogP contribution in [0.2, 0.25) is 15.1 Å². The molecule has 206 valence electrons. The van der Waals surface area contributed by atoms with Crippen LogP contribution in [0, 0.1) is 0 Å². The van der Waals surface area contributed by atoms with Crippen LogP contribution in [-0.4, -0.2) is 45.3 Å². The number of hydrogen-bond donors (Lipinski definition) is 0. The first-order chi connectivity index (χ1) is 18.6. The topological polar surface area (TPSA) is 67.7 Å². The van der Waals surface area contributed by atoms with Crippen molar-refractivity contribution >= 4 is 69.9 Å². The van der Waals surface area contributed by atoms with E-state index in [0.29, 0.717) is 35.1 Å². The van der Waals surface area contributed by atoms with Gasteiger partial charge < -0.3 is 9.63 Å². The van der Waals surface area contributed by atoms with E-state index in [1.807, 2.05) is 10.3 Å². The molecule has 0 bridgehead atoms. The molecule has 1 saturated heterocycles. The van der Waals surface area contributed by atoms with Crippen molar-refractivity contribution in [3.05, 3.63) is 72.7 Å². The molecule has 39 heavy (non-hydrogen) atoms. The zero-order valence-corrected chi connectivity index (χ0v) is 23.9. The highest BCUT2D eigenvalue weighted by atomic mass is 35.5. The Morgan fingerprint density at radius 3 is 2.51 bits per heavy atom. The molecule has 1 unspecified atom stereocenters. The number of likely N-dealkylation sites (tertiary alicyclic amines) is 1. The van der Waals surface area contributed by atoms with Crippen molar-refractivity contribution in [2.24, 2.45) is 5.16 Å². The monoisotopic (exact) mass is 634 g/mol. The highest BCUT2D eigenvalue weighted by Gasteiger charge is 2.34. The number of aromatic nitrogens is 2. The summed E-state index contributed by atoms with van der Waals surface area (Å²) < 4.78 is 38.7. The molecule has 0 N–H and O–H groups in total. The number of alkyl halides is 3. The van der Waals surface area contributed by atoms with Gasteiger partial charge in [0.25, 0.3) is 0 Å². The Morgan fingerprint density at radius 2 is 1.87 bits per heavy atom. The highest BCUT2D eigenvalue weighted by Crippen LogP contribution is 2.40. The average Bonchev–Trinajstić information content (AvgIpc) is 3.58. The third kappa shape index (κ3) is 6.39. The van der Waals surface area contributed by atoms with Crippen molar-refractivity contribution in [2.75, 3.05) is 13.1 Å². The maximum absolute atomic E-state index is 12.9. The molecule has 0 spiro atoms. The van der Waals surface area contributed by atoms with Crippen LogP contribution in [-0.2, 0) is 15.8 Å². The Kier molecular flexibility index (Phi) is 8.75. The molecule has 3 aromatic rings. The number of thioether (sulfide) groups is 1. The van der Waals surface area contributed by atoms with E-state index < -0.39 is 17.1 Å². The summed E-state index contributed by atoms with van der Waals surface area (Å²) in [7, 11) is 0. The Hall–Kier alpha value is -1.89. The SMILES string of the molecule is O=CC(Sc1ncc(C(F)(F)F)cc1Cl)N1CCC(c2nc(C3=NO[C@@H](c4c(Cl)cccc4Cl)C3)cs2)CC1. The summed E-state index contributed by atoms with van der Waals surface area (Å²) >= 11 is 21.3. The van der Waals surface area contributed by atoms with E-state index in [1.165, 1.54) is 0 Å². The number of carbonyl (C=O) groups is 1. The largest absolute Gasteiger partial charge is 0.417 e. The van der Waals surface area contributed by atoms with Gasteiger partial charge in [0.15, 0.2) is 6.10 Å². The zero-order valence-electron chi connectivity index (χ0n) is 20.0. The number of pyridine rings is 1. The molecule has 5 rings (SSSR count). The fourth-order valence-electron chi connectivity index (χ4n) is 4.48. The standard InChI is InChI=1S/C25H20Cl3F3N4O2S2/c26-15-2-1-3-16(27)22(15)20-9-18(34-37-20)19-12-38-23(33-19)13-4-6-35(7-5-13)21(11-36)39-24-17(28)8-14(10-32-24)25(29,30)31/h1-3,8,10-13,20-21H,4-7,9H2/t20-,21?/m1/s1. The number of nitrogens with zero attached hydrogens (tertiary/aromatic N) is 4. The maximum atomic E-state index is 12.9. The van der Waals surface area contributed by atoms with Gasteiger partial charge in [0, 0.05) is 52.6 Å². The van der Waals surface area contributed by atoms with Gasteiger partial charge in [0.1, 0.15) is 22.4 Å². The van der Waals surface area contributed by atoms with Crippen LogP contribution in [0.4, 0.5) is 13.2 Å². The first-order valence-corrected chi connectivity index (χ1v) is 14.7. The van der Waals surface area contributed by atoms with Gasteiger partial charge in [0.05, 0.1) is 21.3 Å². The van der Waals surface area contributed by atoms with Crippen molar-refractivity contribution in [1.82, 2.24) is 14.9 Å². The van der Waals surface area contributed by atoms with Crippen molar-refractivity contribution in [3.63, 3.8) is 0 Å². The van der Waals surface area contributed by atoms with Crippen molar-refractivity contribution in [1.29, 1.82) is 0 Å². The van der Waals surface area contributed by atoms with Gasteiger partial charge in [-0.05, 0) is 31.0 Å². The first-order valence-electron chi connectivity index (χ1n) is 11.8. The molecule has 2 aromatic heterocycles. The summed E-state index contributed by atoms with van der Waals surface area (Å²) in [5.41, 5.74) is 1.26. The Morgan fingerprint density at radius 1 is 1.15 bits per heavy atom. The molecule has 2 aliphatic heterocycles. The normalized spacial score (nSPS) is 19.5. The lowest BCUT2D eigenvalue weighted by Crippen LogP contribution is -2.40. The first kappa shape index (κ1) is 28.6. The predicted molar refractivity (Wildman–Crippen MR) is 147 cm³/mol. The summed E-state index contributed by atoms with van der Waals surface area (Å²) in [4.78, 5) is 28.1. The van der Waals surface area contributed by atoms with Crippen molar-refractivity contribution in [3.8, 4) is 0 Å². The number of benzene rings is 1. The summed E-state index contributed by atoms with van der Waals surface area (Å²) in [6.07, 6.45) is -1.37. The van der Waals surface area contributed by atoms with Gasteiger partial charge in [-0.2, -0.15) is 13.2 Å². The van der Waals surface area contributed by atoms with E-state index in [1.54, 1.807) is 29.5 Å². The molecule has 1 fully saturated rings. The van der Waals surface area contributed by atoms with E-state index in [4.69, 9.17) is 44.6 Å². The number of oxime groups is 1. The smallest absolute Gasteiger partial charge is 0.387 e. The van der Waals surface area contributed by atoms with E-state index in [0.717, 1.165) is 59.6 Å². The number of rotatable bonds is 7. The van der Waals surface area contributed by atoms with Crippen molar-refractivity contribution < 1.29 is 22.8 Å². The van der Waals surface area contributed by atoms with E-state index in [-0.39, 0.29) is 22.1 Å². The van der Waals surface area contributed by atoms with Crippen LogP contribution in [0.3, 0.4) is 0 Å². The molecule has 1 aromatic carbocycles. The summed E-state index contributed by atoms with van der Waals surface area (Å²) in [5, 5.41) is 7.66. The lowest BCUT2D eigenvalue weighted by atomic mass is 9.97. The minimum absolute atomic E-state index is 0.135. The van der Waals surface area contributed by atoms with Gasteiger partial charge in [0.2, 0.25) is 0 Å². The van der Waals surface area contributed by atoms with Crippen LogP contribution >= 0.6 is 57.9 Å². The number of carbonyl (C=O) groups excluding carboxylic acids is 1. The van der Waals surface area contributed by atoms with Crippen LogP contribution in [0.25, 0.3) is 0 Å². The van der Waals surface area contributed by atoms with Crippen LogP contribution in [0.5, 0.6) is 0 Å². The Balaban J connectivity index is 1.18. The summed E-state index contributed by atoms with van der Waals surface area (Å²) in [6, 6.07) is 6.13. The molecular formula is C25H20Cl3F3N4O2S2. The lowest BCUT2D eigenvalue weighted by Gasteiger charge is -2.34. The second kappa shape index (κ2) is 11.9. The van der Waals surface area contributed by atoms with Crippen LogP contribution < -0.4 is 0 Å². The highest BCUT2D eigenvalue weighted by molar-refractivity contribution is 8.00. The Bertz CT molecular complexity index is 1380. The number of piperidine rings is 1. The molecular weight excluding hydrogens is 616 g/mol. The van der Waals surface area contributed by atoms with Gasteiger partial charge in [-0.1, -0.05) is 57.8 Å². The van der Waals surface area contributed by atoms with Crippen LogP contribution in [0.1, 0.15) is 53.1 Å². The molecule has 14 heteroatoms. The molecule has 0 radical (unpaired) electrons. The molecule has 4 heterocycles. The third-order valence-corrected chi connectivity index (χ3v) is 9.80. The van der Waals surface area contributed by atoms with Crippen molar-refractivity contribution in [2.45, 2.75) is 47.9 Å².